The van der Waals surface area contributed by atoms with E-state index in [0.717, 1.165) is 5.56 Å². The van der Waals surface area contributed by atoms with Crippen LogP contribution in [0.3, 0.4) is 0 Å². The monoisotopic (exact) mass is 300 g/mol. The van der Waals surface area contributed by atoms with Crippen molar-refractivity contribution in [3.63, 3.8) is 0 Å². The molecular formula is C11H13BrN2O3. The van der Waals surface area contributed by atoms with Gasteiger partial charge in [0.05, 0.1) is 12.1 Å². The fraction of sp³-hybridized carbons (Fsp3) is 0.273. The number of nitrogens with two attached hydrogens (primary N) is 1. The molecule has 1 aromatic carbocycles. The number of hydrogen-bond acceptors (Lipinski definition) is 3. The van der Waals surface area contributed by atoms with Gasteiger partial charge in [-0.2, -0.15) is 0 Å². The number of benzene rings is 1. The average Bonchev–Trinajstić information content (AvgIpc) is 2.19. The summed E-state index contributed by atoms with van der Waals surface area (Å²) in [6, 6.07) is 4.78. The lowest BCUT2D eigenvalue weighted by Gasteiger charge is -2.15. The Morgan fingerprint density at radius 3 is 2.59 bits per heavy atom. The van der Waals surface area contributed by atoms with Gasteiger partial charge in [-0.05, 0) is 24.7 Å². The molecule has 92 valence electrons. The summed E-state index contributed by atoms with van der Waals surface area (Å²) >= 11 is 3.30. The second-order valence-electron chi connectivity index (χ2n) is 3.75. The van der Waals surface area contributed by atoms with E-state index in [2.05, 4.69) is 15.9 Å². The van der Waals surface area contributed by atoms with Crippen molar-refractivity contribution in [2.24, 2.45) is 5.73 Å². The Kier molecular flexibility index (Phi) is 4.65. The first-order valence-electron chi connectivity index (χ1n) is 4.88. The molecule has 0 spiro atoms. The number of halogens is 1. The predicted molar refractivity (Wildman–Crippen MR) is 66.6 cm³/mol. The maximum absolute atomic E-state index is 10.7. The second kappa shape index (κ2) is 5.79. The van der Waals surface area contributed by atoms with Crippen LogP contribution in [0.15, 0.2) is 22.7 Å². The quantitative estimate of drug-likeness (QED) is 0.852. The number of carboxylic acids is 1. The number of hydrogen-bond donors (Lipinski definition) is 2. The molecule has 0 saturated heterocycles. The summed E-state index contributed by atoms with van der Waals surface area (Å²) < 4.78 is 0.703. The van der Waals surface area contributed by atoms with E-state index in [1.807, 2.05) is 0 Å². The van der Waals surface area contributed by atoms with Crippen LogP contribution < -0.4 is 5.73 Å². The van der Waals surface area contributed by atoms with Gasteiger partial charge in [-0.1, -0.05) is 22.0 Å². The molecule has 5 nitrogen and oxygen atoms in total. The van der Waals surface area contributed by atoms with Gasteiger partial charge in [-0.3, -0.25) is 9.69 Å². The number of likely N-dealkylation sites (N-methyl/N-ethyl adjacent to an activating group) is 1. The normalized spacial score (nSPS) is 10.5. The van der Waals surface area contributed by atoms with Gasteiger partial charge in [-0.15, -0.1) is 0 Å². The van der Waals surface area contributed by atoms with Gasteiger partial charge >= 0.3 is 5.97 Å². The van der Waals surface area contributed by atoms with E-state index < -0.39 is 11.9 Å². The minimum Gasteiger partial charge on any atom is -0.478 e. The summed E-state index contributed by atoms with van der Waals surface area (Å²) in [5, 5.41) is 8.81. The molecule has 0 aliphatic rings. The average molecular weight is 301 g/mol. The third-order valence-corrected chi connectivity index (χ3v) is 2.90. The molecule has 0 unspecified atom stereocenters. The van der Waals surface area contributed by atoms with Crippen LogP contribution in [0.2, 0.25) is 0 Å². The highest BCUT2D eigenvalue weighted by molar-refractivity contribution is 9.10. The van der Waals surface area contributed by atoms with Gasteiger partial charge < -0.3 is 10.8 Å². The zero-order chi connectivity index (χ0) is 13.0. The maximum Gasteiger partial charge on any atom is 0.335 e. The lowest BCUT2D eigenvalue weighted by atomic mass is 10.1. The summed E-state index contributed by atoms with van der Waals surface area (Å²) in [5.74, 6) is -1.37. The van der Waals surface area contributed by atoms with Crippen LogP contribution in [0.1, 0.15) is 15.9 Å². The van der Waals surface area contributed by atoms with Gasteiger partial charge in [0.1, 0.15) is 0 Å². The van der Waals surface area contributed by atoms with Crippen LogP contribution >= 0.6 is 15.9 Å². The molecule has 0 aliphatic carbocycles. The number of aromatic carboxylic acids is 1. The lowest BCUT2D eigenvalue weighted by molar-refractivity contribution is -0.118. The van der Waals surface area contributed by atoms with Crippen molar-refractivity contribution in [1.29, 1.82) is 0 Å². The van der Waals surface area contributed by atoms with Gasteiger partial charge in [0, 0.05) is 11.0 Å². The molecule has 0 radical (unpaired) electrons. The molecular weight excluding hydrogens is 288 g/mol. The molecule has 0 saturated carbocycles. The number of carboxylic acid groups (broad SMARTS) is 1. The third kappa shape index (κ3) is 4.16. The zero-order valence-electron chi connectivity index (χ0n) is 9.31. The fourth-order valence-electron chi connectivity index (χ4n) is 1.42. The fourth-order valence-corrected chi connectivity index (χ4v) is 1.93. The Morgan fingerprint density at radius 1 is 1.47 bits per heavy atom. The van der Waals surface area contributed by atoms with Crippen molar-refractivity contribution in [2.45, 2.75) is 6.54 Å². The predicted octanol–water partition coefficient (Wildman–Crippen LogP) is 1.06. The number of amides is 1. The molecule has 1 amide bonds. The van der Waals surface area contributed by atoms with Crippen molar-refractivity contribution in [2.75, 3.05) is 13.6 Å². The summed E-state index contributed by atoms with van der Waals surface area (Å²) in [5.41, 5.74) is 6.20. The highest BCUT2D eigenvalue weighted by Crippen LogP contribution is 2.20. The Balaban J connectivity index is 2.79. The molecule has 0 heterocycles. The Labute approximate surface area is 107 Å². The van der Waals surface area contributed by atoms with E-state index in [-0.39, 0.29) is 12.1 Å². The van der Waals surface area contributed by atoms with E-state index in [4.69, 9.17) is 10.8 Å². The van der Waals surface area contributed by atoms with E-state index in [0.29, 0.717) is 11.0 Å². The van der Waals surface area contributed by atoms with Gasteiger partial charge in [0.2, 0.25) is 5.91 Å². The molecule has 3 N–H and O–H groups in total. The highest BCUT2D eigenvalue weighted by atomic mass is 79.9. The smallest absolute Gasteiger partial charge is 0.335 e. The number of nitrogens with zero attached hydrogens (tertiary/aromatic N) is 1. The van der Waals surface area contributed by atoms with E-state index >= 15 is 0 Å². The second-order valence-corrected chi connectivity index (χ2v) is 4.60. The van der Waals surface area contributed by atoms with Gasteiger partial charge in [0.15, 0.2) is 0 Å². The van der Waals surface area contributed by atoms with Crippen molar-refractivity contribution in [3.8, 4) is 0 Å². The summed E-state index contributed by atoms with van der Waals surface area (Å²) in [6.45, 7) is 0.677. The van der Waals surface area contributed by atoms with Crippen LogP contribution in [0, 0.1) is 0 Å². The zero-order valence-corrected chi connectivity index (χ0v) is 10.9. The van der Waals surface area contributed by atoms with Gasteiger partial charge in [0.25, 0.3) is 0 Å². The molecule has 17 heavy (non-hydrogen) atoms. The summed E-state index contributed by atoms with van der Waals surface area (Å²) in [7, 11) is 1.77. The molecule has 0 fully saturated rings. The van der Waals surface area contributed by atoms with Crippen LogP contribution in [0.25, 0.3) is 0 Å². The van der Waals surface area contributed by atoms with Crippen LogP contribution in [-0.2, 0) is 11.3 Å². The lowest BCUT2D eigenvalue weighted by Crippen LogP contribution is -2.30. The first-order chi connectivity index (χ1) is 7.90. The molecule has 6 heteroatoms. The van der Waals surface area contributed by atoms with Crippen molar-refractivity contribution >= 4 is 27.8 Å². The minimum atomic E-state index is -0.970. The molecule has 0 aromatic heterocycles. The first-order valence-corrected chi connectivity index (χ1v) is 5.68. The van der Waals surface area contributed by atoms with Crippen molar-refractivity contribution < 1.29 is 14.7 Å². The Hall–Kier alpha value is -1.40. The maximum atomic E-state index is 10.7. The van der Waals surface area contributed by atoms with E-state index in [1.54, 1.807) is 18.0 Å². The molecule has 1 rings (SSSR count). The SMILES string of the molecule is CN(CC(N)=O)Cc1ccc(C(=O)O)cc1Br. The number of primary amides is 1. The van der Waals surface area contributed by atoms with Crippen LogP contribution in [0.5, 0.6) is 0 Å². The van der Waals surface area contributed by atoms with Crippen molar-refractivity contribution in [1.82, 2.24) is 4.90 Å². The number of carbonyl (C=O) groups is 2. The minimum absolute atomic E-state index is 0.160. The standard InChI is InChI=1S/C11H13BrN2O3/c1-14(6-10(13)15)5-8-3-2-7(11(16)17)4-9(8)12/h2-4H,5-6H2,1H3,(H2,13,15)(H,16,17). The van der Waals surface area contributed by atoms with Crippen LogP contribution in [-0.4, -0.2) is 35.5 Å². The largest absolute Gasteiger partial charge is 0.478 e. The van der Waals surface area contributed by atoms with Gasteiger partial charge in [-0.25, -0.2) is 4.79 Å². The summed E-state index contributed by atoms with van der Waals surface area (Å²) in [4.78, 5) is 23.2. The van der Waals surface area contributed by atoms with Crippen LogP contribution in [0.4, 0.5) is 0 Å². The first kappa shape index (κ1) is 13.7. The number of carbonyl (C=O) groups excluding carboxylic acids is 1. The van der Waals surface area contributed by atoms with E-state index in [9.17, 15) is 9.59 Å². The summed E-state index contributed by atoms with van der Waals surface area (Å²) in [6.07, 6.45) is 0. The highest BCUT2D eigenvalue weighted by Gasteiger charge is 2.09. The third-order valence-electron chi connectivity index (χ3n) is 2.17. The Morgan fingerprint density at radius 2 is 2.12 bits per heavy atom. The molecule has 0 aliphatic heterocycles. The molecule has 0 atom stereocenters. The Bertz CT molecular complexity index is 448. The number of rotatable bonds is 5. The van der Waals surface area contributed by atoms with E-state index in [1.165, 1.54) is 12.1 Å². The molecule has 1 aromatic rings. The molecule has 0 bridgehead atoms. The topological polar surface area (TPSA) is 83.6 Å². The van der Waals surface area contributed by atoms with Crippen molar-refractivity contribution in [3.05, 3.63) is 33.8 Å².